The molecule has 1 amide bonds. The van der Waals surface area contributed by atoms with Gasteiger partial charge in [-0.05, 0) is 31.9 Å². The van der Waals surface area contributed by atoms with Crippen molar-refractivity contribution in [1.29, 1.82) is 0 Å². The van der Waals surface area contributed by atoms with Crippen LogP contribution in [0.25, 0.3) is 0 Å². The lowest BCUT2D eigenvalue weighted by molar-refractivity contribution is -0.384. The summed E-state index contributed by atoms with van der Waals surface area (Å²) in [7, 11) is 0. The molecule has 3 rings (SSSR count). The fraction of sp³-hybridized carbons (Fsp3) is 0.286. The summed E-state index contributed by atoms with van der Waals surface area (Å²) in [4.78, 5) is 22.8. The number of amides is 1. The van der Waals surface area contributed by atoms with Crippen LogP contribution in [0.5, 0.6) is 0 Å². The van der Waals surface area contributed by atoms with Crippen LogP contribution in [0, 0.1) is 17.0 Å². The number of aryl methyl sites for hydroxylation is 1. The molecule has 1 aliphatic carbocycles. The quantitative estimate of drug-likeness (QED) is 0.580. The van der Waals surface area contributed by atoms with Crippen LogP contribution in [0.15, 0.2) is 24.3 Å². The van der Waals surface area contributed by atoms with Gasteiger partial charge in [0.15, 0.2) is 5.82 Å². The number of nitrogens with one attached hydrogen (secondary N) is 3. The number of nitro groups is 1. The van der Waals surface area contributed by atoms with Gasteiger partial charge in [0.25, 0.3) is 11.6 Å². The third-order valence-electron chi connectivity index (χ3n) is 3.34. The summed E-state index contributed by atoms with van der Waals surface area (Å²) in [6.45, 7) is 1.81. The Kier molecular flexibility index (Phi) is 3.50. The van der Waals surface area contributed by atoms with E-state index in [1.807, 2.05) is 6.92 Å². The summed E-state index contributed by atoms with van der Waals surface area (Å²) in [5.74, 6) is -0.0575. The normalized spacial score (nSPS) is 13.7. The fourth-order valence-corrected chi connectivity index (χ4v) is 2.06. The number of hydrogen-bond acceptors (Lipinski definition) is 5. The number of nitrogens with zero attached hydrogens (tertiary/aromatic N) is 2. The van der Waals surface area contributed by atoms with E-state index in [-0.39, 0.29) is 11.3 Å². The number of aromatic nitrogens is 2. The van der Waals surface area contributed by atoms with Crippen molar-refractivity contribution < 1.29 is 9.72 Å². The third-order valence-corrected chi connectivity index (χ3v) is 3.34. The van der Waals surface area contributed by atoms with Crippen LogP contribution >= 0.6 is 0 Å². The van der Waals surface area contributed by atoms with Crippen LogP contribution < -0.4 is 10.6 Å². The molecule has 1 heterocycles. The second-order valence-electron chi connectivity index (χ2n) is 5.30. The smallest absolute Gasteiger partial charge is 0.293 e. The molecule has 1 aromatic carbocycles. The molecule has 3 N–H and O–H groups in total. The third kappa shape index (κ3) is 3.05. The number of H-pyrrole nitrogens is 1. The summed E-state index contributed by atoms with van der Waals surface area (Å²) in [5.41, 5.74) is 1.37. The van der Waals surface area contributed by atoms with Crippen LogP contribution in [0.2, 0.25) is 0 Å². The van der Waals surface area contributed by atoms with Gasteiger partial charge in [-0.2, -0.15) is 5.10 Å². The lowest BCUT2D eigenvalue weighted by atomic mass is 10.1. The predicted molar refractivity (Wildman–Crippen MR) is 81.0 cm³/mol. The van der Waals surface area contributed by atoms with E-state index in [0.717, 1.165) is 18.5 Å². The Morgan fingerprint density at radius 1 is 1.41 bits per heavy atom. The first kappa shape index (κ1) is 14.1. The summed E-state index contributed by atoms with van der Waals surface area (Å²) in [5, 5.41) is 23.5. The first-order chi connectivity index (χ1) is 10.5. The van der Waals surface area contributed by atoms with E-state index < -0.39 is 10.8 Å². The van der Waals surface area contributed by atoms with E-state index in [1.165, 1.54) is 6.07 Å². The Balaban J connectivity index is 1.82. The van der Waals surface area contributed by atoms with Gasteiger partial charge in [0.2, 0.25) is 0 Å². The Morgan fingerprint density at radius 3 is 2.77 bits per heavy atom. The molecule has 1 aliphatic rings. The number of carbonyl (C=O) groups is 1. The number of nitro benzene ring substituents is 1. The van der Waals surface area contributed by atoms with Crippen molar-refractivity contribution in [2.24, 2.45) is 0 Å². The highest BCUT2D eigenvalue weighted by Gasteiger charge is 2.25. The summed E-state index contributed by atoms with van der Waals surface area (Å²) in [6, 6.07) is 6.38. The highest BCUT2D eigenvalue weighted by atomic mass is 16.6. The van der Waals surface area contributed by atoms with Gasteiger partial charge in [-0.25, -0.2) is 0 Å². The molecular weight excluding hydrogens is 286 g/mol. The van der Waals surface area contributed by atoms with Gasteiger partial charge in [-0.1, -0.05) is 0 Å². The highest BCUT2D eigenvalue weighted by molar-refractivity contribution is 6.04. The molecule has 0 bridgehead atoms. The number of benzene rings is 1. The maximum atomic E-state index is 12.1. The first-order valence-electron chi connectivity index (χ1n) is 6.91. The van der Waals surface area contributed by atoms with E-state index in [0.29, 0.717) is 17.5 Å². The molecule has 0 aliphatic heterocycles. The van der Waals surface area contributed by atoms with Crippen molar-refractivity contribution >= 4 is 23.1 Å². The van der Waals surface area contributed by atoms with Crippen molar-refractivity contribution in [2.45, 2.75) is 25.8 Å². The summed E-state index contributed by atoms with van der Waals surface area (Å²) >= 11 is 0. The van der Waals surface area contributed by atoms with Crippen LogP contribution in [0.3, 0.4) is 0 Å². The lowest BCUT2D eigenvalue weighted by Crippen LogP contribution is -2.13. The van der Waals surface area contributed by atoms with E-state index in [4.69, 9.17) is 0 Å². The van der Waals surface area contributed by atoms with Crippen molar-refractivity contribution in [3.05, 3.63) is 45.6 Å². The minimum Gasteiger partial charge on any atom is -0.377 e. The Morgan fingerprint density at radius 2 is 2.18 bits per heavy atom. The van der Waals surface area contributed by atoms with Gasteiger partial charge in [0.1, 0.15) is 5.69 Å². The molecule has 2 aromatic rings. The second-order valence-corrected chi connectivity index (χ2v) is 5.30. The van der Waals surface area contributed by atoms with Crippen LogP contribution in [-0.2, 0) is 0 Å². The fourth-order valence-electron chi connectivity index (χ4n) is 2.06. The topological polar surface area (TPSA) is 113 Å². The van der Waals surface area contributed by atoms with Crippen LogP contribution in [0.1, 0.15) is 28.9 Å². The molecular formula is C14H15N5O3. The number of carbonyl (C=O) groups excluding carboxylic acids is 1. The monoisotopic (exact) mass is 301 g/mol. The van der Waals surface area contributed by atoms with Crippen molar-refractivity contribution in [1.82, 2.24) is 10.2 Å². The largest absolute Gasteiger partial charge is 0.377 e. The minimum atomic E-state index is -0.486. The second kappa shape index (κ2) is 5.47. The zero-order valence-corrected chi connectivity index (χ0v) is 11.9. The Labute approximate surface area is 126 Å². The lowest BCUT2D eigenvalue weighted by Gasteiger charge is -2.07. The van der Waals surface area contributed by atoms with Gasteiger partial charge >= 0.3 is 0 Å². The standard InChI is InChI=1S/C14H15N5O3/c1-8-6-13(18-17-8)16-14(20)9-2-5-11(15-10-3-4-10)12(7-9)19(21)22/h2,5-7,10,15H,3-4H2,1H3,(H2,16,17,18,20). The highest BCUT2D eigenvalue weighted by Crippen LogP contribution is 2.31. The maximum absolute atomic E-state index is 12.1. The molecule has 1 fully saturated rings. The predicted octanol–water partition coefficient (Wildman–Crippen LogP) is 2.45. The Bertz CT molecular complexity index is 736. The molecule has 0 atom stereocenters. The molecule has 114 valence electrons. The van der Waals surface area contributed by atoms with Gasteiger partial charge in [-0.3, -0.25) is 20.0 Å². The molecule has 0 saturated heterocycles. The summed E-state index contributed by atoms with van der Waals surface area (Å²) in [6.07, 6.45) is 2.02. The summed E-state index contributed by atoms with van der Waals surface area (Å²) < 4.78 is 0. The maximum Gasteiger partial charge on any atom is 0.293 e. The van der Waals surface area contributed by atoms with Crippen molar-refractivity contribution in [3.8, 4) is 0 Å². The van der Waals surface area contributed by atoms with Crippen molar-refractivity contribution in [2.75, 3.05) is 10.6 Å². The van der Waals surface area contributed by atoms with E-state index in [9.17, 15) is 14.9 Å². The number of anilines is 2. The average molecular weight is 301 g/mol. The molecule has 1 aromatic heterocycles. The zero-order chi connectivity index (χ0) is 15.7. The number of hydrogen-bond donors (Lipinski definition) is 3. The van der Waals surface area contributed by atoms with Gasteiger partial charge < -0.3 is 10.6 Å². The van der Waals surface area contributed by atoms with Gasteiger partial charge in [0, 0.05) is 29.4 Å². The van der Waals surface area contributed by atoms with E-state index in [1.54, 1.807) is 18.2 Å². The minimum absolute atomic E-state index is 0.0993. The molecule has 1 saturated carbocycles. The number of aromatic amines is 1. The molecule has 22 heavy (non-hydrogen) atoms. The molecule has 8 nitrogen and oxygen atoms in total. The average Bonchev–Trinajstić information content (AvgIpc) is 3.20. The SMILES string of the molecule is Cc1cc(NC(=O)c2ccc(NC3CC3)c([N+](=O)[O-])c2)n[nH]1. The molecule has 0 radical (unpaired) electrons. The molecule has 8 heteroatoms. The van der Waals surface area contributed by atoms with Gasteiger partial charge in [-0.15, -0.1) is 0 Å². The zero-order valence-electron chi connectivity index (χ0n) is 11.9. The van der Waals surface area contributed by atoms with Crippen LogP contribution in [-0.4, -0.2) is 27.1 Å². The first-order valence-corrected chi connectivity index (χ1v) is 6.91. The molecule has 0 spiro atoms. The molecule has 0 unspecified atom stereocenters. The van der Waals surface area contributed by atoms with Crippen molar-refractivity contribution in [3.63, 3.8) is 0 Å². The van der Waals surface area contributed by atoms with Crippen LogP contribution in [0.4, 0.5) is 17.2 Å². The van der Waals surface area contributed by atoms with E-state index >= 15 is 0 Å². The van der Waals surface area contributed by atoms with E-state index in [2.05, 4.69) is 20.8 Å². The Hall–Kier alpha value is -2.90. The van der Waals surface area contributed by atoms with Gasteiger partial charge in [0.05, 0.1) is 4.92 Å². The number of rotatable bonds is 5.